The lowest BCUT2D eigenvalue weighted by Crippen LogP contribution is -2.55. The molecule has 1 heterocycles. The van der Waals surface area contributed by atoms with E-state index in [4.69, 9.17) is 10.8 Å². The van der Waals surface area contributed by atoms with Crippen LogP contribution in [0.1, 0.15) is 11.3 Å². The molecule has 0 saturated carbocycles. The Labute approximate surface area is 183 Å². The number of aliphatic carboxylic acids is 1. The number of hydrogen-bond acceptors (Lipinski definition) is 7. The number of H-pyrrole nitrogens is 1. The molecule has 12 heteroatoms. The third-order valence-electron chi connectivity index (χ3n) is 4.48. The molecule has 3 atom stereocenters. The average Bonchev–Trinajstić information content (AvgIpc) is 3.29. The maximum absolute atomic E-state index is 12.8. The lowest BCUT2D eigenvalue weighted by Gasteiger charge is -2.21. The van der Waals surface area contributed by atoms with Crippen molar-refractivity contribution >= 4 is 23.7 Å². The van der Waals surface area contributed by atoms with E-state index < -0.39 is 55.0 Å². The van der Waals surface area contributed by atoms with Crippen molar-refractivity contribution in [3.05, 3.63) is 54.1 Å². The maximum atomic E-state index is 12.8. The third-order valence-corrected chi connectivity index (χ3v) is 4.48. The molecule has 0 saturated heterocycles. The molecule has 0 aliphatic rings. The maximum Gasteiger partial charge on any atom is 0.326 e. The van der Waals surface area contributed by atoms with Gasteiger partial charge in [0.15, 0.2) is 0 Å². The van der Waals surface area contributed by atoms with Crippen molar-refractivity contribution in [3.8, 4) is 0 Å². The van der Waals surface area contributed by atoms with Crippen molar-refractivity contribution in [2.75, 3.05) is 13.2 Å². The van der Waals surface area contributed by atoms with E-state index >= 15 is 0 Å². The Bertz CT molecular complexity index is 905. The monoisotopic (exact) mass is 446 g/mol. The minimum absolute atomic E-state index is 0.0132. The molecule has 8 N–H and O–H groups in total. The number of benzene rings is 1. The van der Waals surface area contributed by atoms with Gasteiger partial charge in [-0.2, -0.15) is 0 Å². The summed E-state index contributed by atoms with van der Waals surface area (Å²) >= 11 is 0. The smallest absolute Gasteiger partial charge is 0.326 e. The summed E-state index contributed by atoms with van der Waals surface area (Å²) in [5, 5.41) is 25.6. The van der Waals surface area contributed by atoms with E-state index in [1.54, 1.807) is 30.3 Å². The highest BCUT2D eigenvalue weighted by atomic mass is 16.4. The molecule has 0 radical (unpaired) electrons. The van der Waals surface area contributed by atoms with E-state index in [1.165, 1.54) is 12.5 Å². The molecular weight excluding hydrogens is 420 g/mol. The van der Waals surface area contributed by atoms with Crippen molar-refractivity contribution < 1.29 is 29.4 Å². The van der Waals surface area contributed by atoms with Crippen molar-refractivity contribution in [1.29, 1.82) is 0 Å². The van der Waals surface area contributed by atoms with Gasteiger partial charge in [0, 0.05) is 24.7 Å². The molecule has 2 rings (SSSR count). The molecular formula is C20H26N6O6. The van der Waals surface area contributed by atoms with Crippen molar-refractivity contribution in [2.24, 2.45) is 5.73 Å². The number of carbonyl (C=O) groups excluding carboxylic acids is 3. The molecule has 12 nitrogen and oxygen atoms in total. The molecule has 172 valence electrons. The van der Waals surface area contributed by atoms with Crippen LogP contribution in [0.3, 0.4) is 0 Å². The van der Waals surface area contributed by atoms with E-state index in [-0.39, 0.29) is 12.8 Å². The normalized spacial score (nSPS) is 13.4. The van der Waals surface area contributed by atoms with Crippen LogP contribution in [0.25, 0.3) is 0 Å². The first-order valence-corrected chi connectivity index (χ1v) is 9.78. The van der Waals surface area contributed by atoms with Gasteiger partial charge in [-0.3, -0.25) is 14.4 Å². The summed E-state index contributed by atoms with van der Waals surface area (Å²) in [7, 11) is 0. The number of hydrogen-bond donors (Lipinski definition) is 7. The van der Waals surface area contributed by atoms with Crippen LogP contribution in [0, 0.1) is 0 Å². The Morgan fingerprint density at radius 1 is 1.03 bits per heavy atom. The minimum Gasteiger partial charge on any atom is -0.480 e. The molecule has 0 aliphatic carbocycles. The number of carboxylic acid groups (broad SMARTS) is 1. The number of nitrogens with zero attached hydrogens (tertiary/aromatic N) is 1. The van der Waals surface area contributed by atoms with Gasteiger partial charge in [0.05, 0.1) is 19.5 Å². The fourth-order valence-electron chi connectivity index (χ4n) is 2.77. The van der Waals surface area contributed by atoms with Crippen LogP contribution in [-0.4, -0.2) is 75.1 Å². The summed E-state index contributed by atoms with van der Waals surface area (Å²) in [5.74, 6) is -3.36. The highest BCUT2D eigenvalue weighted by molar-refractivity contribution is 5.92. The van der Waals surface area contributed by atoms with Gasteiger partial charge in [-0.25, -0.2) is 9.78 Å². The number of aliphatic hydroxyl groups is 1. The fraction of sp³-hybridized carbons (Fsp3) is 0.350. The second-order valence-corrected chi connectivity index (χ2v) is 7.00. The molecule has 32 heavy (non-hydrogen) atoms. The summed E-state index contributed by atoms with van der Waals surface area (Å²) < 4.78 is 0. The quantitative estimate of drug-likeness (QED) is 0.188. The van der Waals surface area contributed by atoms with Crippen molar-refractivity contribution in [1.82, 2.24) is 25.9 Å². The van der Waals surface area contributed by atoms with E-state index in [0.717, 1.165) is 5.56 Å². The second-order valence-electron chi connectivity index (χ2n) is 7.00. The van der Waals surface area contributed by atoms with Crippen LogP contribution in [0.5, 0.6) is 0 Å². The molecule has 1 aromatic carbocycles. The number of carboxylic acids is 1. The van der Waals surface area contributed by atoms with Crippen LogP contribution < -0.4 is 21.7 Å². The minimum atomic E-state index is -1.22. The van der Waals surface area contributed by atoms with Gasteiger partial charge >= 0.3 is 5.97 Å². The Morgan fingerprint density at radius 3 is 2.34 bits per heavy atom. The first-order chi connectivity index (χ1) is 15.3. The topological polar surface area (TPSA) is 200 Å². The zero-order valence-electron chi connectivity index (χ0n) is 17.2. The summed E-state index contributed by atoms with van der Waals surface area (Å²) in [4.78, 5) is 55.1. The Kier molecular flexibility index (Phi) is 9.32. The van der Waals surface area contributed by atoms with Gasteiger partial charge in [-0.05, 0) is 5.56 Å². The number of aromatic amines is 1. The standard InChI is InChI=1S/C20H26N6O6/c21-14(10-27)18(29)23-9-17(28)25-15(7-13-8-22-11-24-13)19(30)26-16(20(31)32)6-12-4-2-1-3-5-12/h1-5,8,11,14-16,27H,6-7,9-10,21H2,(H,22,24)(H,23,29)(H,25,28)(H,26,30)(H,31,32). The Morgan fingerprint density at radius 2 is 1.75 bits per heavy atom. The largest absolute Gasteiger partial charge is 0.480 e. The zero-order valence-corrected chi connectivity index (χ0v) is 17.2. The molecule has 0 spiro atoms. The third kappa shape index (κ3) is 7.81. The number of carbonyl (C=O) groups is 4. The number of nitrogens with two attached hydrogens (primary N) is 1. The predicted octanol–water partition coefficient (Wildman–Crippen LogP) is -2.32. The highest BCUT2D eigenvalue weighted by Gasteiger charge is 2.27. The number of imidazole rings is 1. The van der Waals surface area contributed by atoms with Gasteiger partial charge in [-0.15, -0.1) is 0 Å². The number of amides is 3. The Balaban J connectivity index is 2.05. The average molecular weight is 446 g/mol. The van der Waals surface area contributed by atoms with Crippen LogP contribution in [-0.2, 0) is 32.0 Å². The zero-order chi connectivity index (χ0) is 23.5. The van der Waals surface area contributed by atoms with E-state index in [0.29, 0.717) is 5.69 Å². The van der Waals surface area contributed by atoms with Gasteiger partial charge in [0.25, 0.3) is 0 Å². The lowest BCUT2D eigenvalue weighted by atomic mass is 10.0. The van der Waals surface area contributed by atoms with E-state index in [9.17, 15) is 24.3 Å². The predicted molar refractivity (Wildman–Crippen MR) is 112 cm³/mol. The molecule has 3 unspecified atom stereocenters. The van der Waals surface area contributed by atoms with Crippen molar-refractivity contribution in [3.63, 3.8) is 0 Å². The first kappa shape index (κ1) is 24.5. The molecule has 1 aromatic heterocycles. The number of nitrogens with one attached hydrogen (secondary N) is 4. The number of aliphatic hydroxyl groups excluding tert-OH is 1. The van der Waals surface area contributed by atoms with Gasteiger partial charge < -0.3 is 36.9 Å². The van der Waals surface area contributed by atoms with Crippen molar-refractivity contribution in [2.45, 2.75) is 31.0 Å². The molecule has 2 aromatic rings. The molecule has 0 aliphatic heterocycles. The number of aromatic nitrogens is 2. The van der Waals surface area contributed by atoms with Gasteiger partial charge in [0.1, 0.15) is 18.1 Å². The van der Waals surface area contributed by atoms with Crippen LogP contribution in [0.2, 0.25) is 0 Å². The lowest BCUT2D eigenvalue weighted by molar-refractivity contribution is -0.142. The highest BCUT2D eigenvalue weighted by Crippen LogP contribution is 2.05. The Hall–Kier alpha value is -3.77. The van der Waals surface area contributed by atoms with Crippen LogP contribution in [0.15, 0.2) is 42.9 Å². The van der Waals surface area contributed by atoms with E-state index in [1.807, 2.05) is 0 Å². The van der Waals surface area contributed by atoms with E-state index in [2.05, 4.69) is 25.9 Å². The van der Waals surface area contributed by atoms with Gasteiger partial charge in [0.2, 0.25) is 17.7 Å². The van der Waals surface area contributed by atoms with Gasteiger partial charge in [-0.1, -0.05) is 30.3 Å². The first-order valence-electron chi connectivity index (χ1n) is 9.78. The van der Waals surface area contributed by atoms with Crippen LogP contribution in [0.4, 0.5) is 0 Å². The molecule has 0 bridgehead atoms. The summed E-state index contributed by atoms with van der Waals surface area (Å²) in [5.41, 5.74) is 6.62. The molecule has 0 fully saturated rings. The van der Waals surface area contributed by atoms with Crippen LogP contribution >= 0.6 is 0 Å². The molecule has 3 amide bonds. The fourth-order valence-corrected chi connectivity index (χ4v) is 2.77. The summed E-state index contributed by atoms with van der Waals surface area (Å²) in [6, 6.07) is 5.26. The SMILES string of the molecule is NC(CO)C(=O)NCC(=O)NC(Cc1cnc[nH]1)C(=O)NC(Cc1ccccc1)C(=O)O. The summed E-state index contributed by atoms with van der Waals surface area (Å²) in [6.45, 7) is -1.07. The number of rotatable bonds is 12. The second kappa shape index (κ2) is 12.2. The summed E-state index contributed by atoms with van der Waals surface area (Å²) in [6.07, 6.45) is 2.94.